The number of epoxide rings is 1. The molecule has 0 saturated carbocycles. The topological polar surface area (TPSA) is 51.2 Å². The number of ether oxygens (including phenoxy) is 2. The Bertz CT molecular complexity index is 149. The minimum absolute atomic E-state index is 0.226. The monoisotopic (exact) mass is 143 g/mol. The third-order valence-electron chi connectivity index (χ3n) is 1.16. The average Bonchev–Trinajstić information content (AvgIpc) is 2.67. The fourth-order valence-corrected chi connectivity index (χ4v) is 0.522. The second-order valence-electron chi connectivity index (χ2n) is 2.11. The van der Waals surface area contributed by atoms with Crippen LogP contribution in [0.2, 0.25) is 0 Å². The molecule has 0 bridgehead atoms. The summed E-state index contributed by atoms with van der Waals surface area (Å²) in [5, 5.41) is 0. The Morgan fingerprint density at radius 3 is 3.20 bits per heavy atom. The Morgan fingerprint density at radius 2 is 2.70 bits per heavy atom. The van der Waals surface area contributed by atoms with Crippen molar-refractivity contribution in [3.05, 3.63) is 0 Å². The fourth-order valence-electron chi connectivity index (χ4n) is 0.522. The van der Waals surface area contributed by atoms with Gasteiger partial charge >= 0.3 is 0 Å². The highest BCUT2D eigenvalue weighted by Gasteiger charge is 2.23. The molecule has 0 aliphatic carbocycles. The molecule has 0 N–H and O–H groups in total. The Hall–Kier alpha value is -0.700. The summed E-state index contributed by atoms with van der Waals surface area (Å²) in [6.45, 7) is 2.97. The highest BCUT2D eigenvalue weighted by molar-refractivity contribution is 5.32. The number of isocyanates is 1. The van der Waals surface area contributed by atoms with Crippen LogP contribution in [0.4, 0.5) is 0 Å². The van der Waals surface area contributed by atoms with Gasteiger partial charge in [-0.15, -0.1) is 0 Å². The lowest BCUT2D eigenvalue weighted by molar-refractivity contribution is 0.0603. The van der Waals surface area contributed by atoms with E-state index in [1.807, 2.05) is 0 Å². The highest BCUT2D eigenvalue weighted by Crippen LogP contribution is 2.09. The number of carbonyl (C=O) groups excluding carboxylic acids is 1. The Balaban J connectivity index is 2.04. The lowest BCUT2D eigenvalue weighted by Gasteiger charge is -2.02. The first-order valence-corrected chi connectivity index (χ1v) is 3.13. The Morgan fingerprint density at radius 1 is 2.00 bits per heavy atom. The normalized spacial score (nSPS) is 25.1. The van der Waals surface area contributed by atoms with E-state index < -0.39 is 0 Å². The van der Waals surface area contributed by atoms with Gasteiger partial charge in [-0.05, 0) is 6.92 Å². The molecule has 0 radical (unpaired) electrons. The van der Waals surface area contributed by atoms with Gasteiger partial charge in [0.2, 0.25) is 6.08 Å². The second kappa shape index (κ2) is 3.46. The molecule has 4 heteroatoms. The maximum absolute atomic E-state index is 9.67. The summed E-state index contributed by atoms with van der Waals surface area (Å²) < 4.78 is 9.92. The van der Waals surface area contributed by atoms with Crippen LogP contribution in [-0.4, -0.2) is 31.6 Å². The molecule has 4 nitrogen and oxygen atoms in total. The van der Waals surface area contributed by atoms with Gasteiger partial charge in [-0.2, -0.15) is 4.99 Å². The second-order valence-corrected chi connectivity index (χ2v) is 2.11. The maximum atomic E-state index is 9.67. The first-order valence-electron chi connectivity index (χ1n) is 3.13. The zero-order chi connectivity index (χ0) is 7.40. The van der Waals surface area contributed by atoms with Crippen molar-refractivity contribution in [2.45, 2.75) is 19.3 Å². The summed E-state index contributed by atoms with van der Waals surface area (Å²) in [6, 6.07) is 0. The lowest BCUT2D eigenvalue weighted by Crippen LogP contribution is -2.09. The molecule has 2 atom stereocenters. The van der Waals surface area contributed by atoms with E-state index in [4.69, 9.17) is 9.47 Å². The fraction of sp³-hybridized carbons (Fsp3) is 0.833. The van der Waals surface area contributed by atoms with Crippen molar-refractivity contribution in [1.82, 2.24) is 0 Å². The molecule has 0 aromatic heterocycles. The number of hydrogen-bond donors (Lipinski definition) is 0. The van der Waals surface area contributed by atoms with E-state index in [1.54, 1.807) is 6.92 Å². The molecule has 1 heterocycles. The third-order valence-corrected chi connectivity index (χ3v) is 1.16. The van der Waals surface area contributed by atoms with Crippen LogP contribution < -0.4 is 0 Å². The van der Waals surface area contributed by atoms with Gasteiger partial charge in [-0.3, -0.25) is 0 Å². The Labute approximate surface area is 58.8 Å². The van der Waals surface area contributed by atoms with Crippen LogP contribution in [0.5, 0.6) is 0 Å². The molecular weight excluding hydrogens is 134 g/mol. The van der Waals surface area contributed by atoms with Crippen LogP contribution in [0, 0.1) is 0 Å². The molecule has 1 aliphatic heterocycles. The number of hydrogen-bond acceptors (Lipinski definition) is 4. The molecule has 1 aliphatic rings. The predicted octanol–water partition coefficient (Wildman–Crippen LogP) is 0.0836. The molecule has 0 aromatic carbocycles. The summed E-state index contributed by atoms with van der Waals surface area (Å²) in [7, 11) is 0. The summed E-state index contributed by atoms with van der Waals surface area (Å²) in [6.07, 6.45) is 1.26. The number of rotatable bonds is 4. The van der Waals surface area contributed by atoms with Gasteiger partial charge < -0.3 is 9.47 Å². The molecule has 1 saturated heterocycles. The molecule has 2 unspecified atom stereocenters. The number of aliphatic imine (C=N–C) groups is 1. The van der Waals surface area contributed by atoms with Crippen LogP contribution in [0.3, 0.4) is 0 Å². The third kappa shape index (κ3) is 2.73. The quantitative estimate of drug-likeness (QED) is 0.318. The van der Waals surface area contributed by atoms with Crippen LogP contribution in [0.15, 0.2) is 4.99 Å². The first-order chi connectivity index (χ1) is 4.83. The molecule has 1 rings (SSSR count). The lowest BCUT2D eigenvalue weighted by atomic mass is 10.5. The van der Waals surface area contributed by atoms with Crippen molar-refractivity contribution in [3.63, 3.8) is 0 Å². The van der Waals surface area contributed by atoms with E-state index >= 15 is 0 Å². The van der Waals surface area contributed by atoms with Crippen molar-refractivity contribution < 1.29 is 14.3 Å². The predicted molar refractivity (Wildman–Crippen MR) is 33.3 cm³/mol. The van der Waals surface area contributed by atoms with Gasteiger partial charge in [-0.25, -0.2) is 4.79 Å². The van der Waals surface area contributed by atoms with Crippen LogP contribution >= 0.6 is 0 Å². The van der Waals surface area contributed by atoms with E-state index in [-0.39, 0.29) is 12.3 Å². The van der Waals surface area contributed by atoms with E-state index in [0.29, 0.717) is 6.61 Å². The van der Waals surface area contributed by atoms with Crippen LogP contribution in [-0.2, 0) is 14.3 Å². The van der Waals surface area contributed by atoms with Crippen LogP contribution in [0.1, 0.15) is 6.92 Å². The van der Waals surface area contributed by atoms with Crippen molar-refractivity contribution in [3.8, 4) is 0 Å². The Kier molecular flexibility index (Phi) is 2.57. The van der Waals surface area contributed by atoms with Gasteiger partial charge in [0.05, 0.1) is 13.2 Å². The van der Waals surface area contributed by atoms with Gasteiger partial charge in [-0.1, -0.05) is 0 Å². The van der Waals surface area contributed by atoms with Gasteiger partial charge in [0, 0.05) is 0 Å². The molecule has 1 fully saturated rings. The largest absolute Gasteiger partial charge is 0.371 e. The van der Waals surface area contributed by atoms with Gasteiger partial charge in [0.25, 0.3) is 0 Å². The maximum Gasteiger partial charge on any atom is 0.237 e. The van der Waals surface area contributed by atoms with Crippen LogP contribution in [0.25, 0.3) is 0 Å². The molecule has 0 spiro atoms. The zero-order valence-electron chi connectivity index (χ0n) is 5.74. The van der Waals surface area contributed by atoms with E-state index in [2.05, 4.69) is 4.99 Å². The van der Waals surface area contributed by atoms with Gasteiger partial charge in [0.1, 0.15) is 6.10 Å². The summed E-state index contributed by atoms with van der Waals surface area (Å²) in [5.41, 5.74) is 0. The molecule has 10 heavy (non-hydrogen) atoms. The van der Waals surface area contributed by atoms with Gasteiger partial charge in [0.15, 0.2) is 6.23 Å². The minimum Gasteiger partial charge on any atom is -0.371 e. The van der Waals surface area contributed by atoms with Crippen molar-refractivity contribution in [1.29, 1.82) is 0 Å². The van der Waals surface area contributed by atoms with Crippen molar-refractivity contribution in [2.75, 3.05) is 13.2 Å². The number of nitrogens with zero attached hydrogens (tertiary/aromatic N) is 1. The standard InChI is InChI=1S/C6H9NO3/c1-5(7-4-8)9-2-6-3-10-6/h5-6H,2-3H2,1H3. The average molecular weight is 143 g/mol. The zero-order valence-corrected chi connectivity index (χ0v) is 5.74. The van der Waals surface area contributed by atoms with E-state index in [0.717, 1.165) is 6.61 Å². The molecule has 0 amide bonds. The van der Waals surface area contributed by atoms with Crippen molar-refractivity contribution in [2.24, 2.45) is 4.99 Å². The molecule has 0 aromatic rings. The summed E-state index contributed by atoms with van der Waals surface area (Å²) >= 11 is 0. The SMILES string of the molecule is CC(N=C=O)OCC1CO1. The highest BCUT2D eigenvalue weighted by atomic mass is 16.6. The van der Waals surface area contributed by atoms with Crippen molar-refractivity contribution >= 4 is 6.08 Å². The molecule has 56 valence electrons. The smallest absolute Gasteiger partial charge is 0.237 e. The van der Waals surface area contributed by atoms with E-state index in [1.165, 1.54) is 6.08 Å². The summed E-state index contributed by atoms with van der Waals surface area (Å²) in [5.74, 6) is 0. The molecular formula is C6H9NO3. The minimum atomic E-state index is -0.387. The first kappa shape index (κ1) is 7.41. The van der Waals surface area contributed by atoms with E-state index in [9.17, 15) is 4.79 Å². The summed E-state index contributed by atoms with van der Waals surface area (Å²) in [4.78, 5) is 13.0.